The normalized spacial score (nSPS) is 13.8. The van der Waals surface area contributed by atoms with E-state index in [9.17, 15) is 19.2 Å². The molecule has 1 fully saturated rings. The summed E-state index contributed by atoms with van der Waals surface area (Å²) in [5.41, 5.74) is 2.29. The van der Waals surface area contributed by atoms with Gasteiger partial charge in [-0.1, -0.05) is 24.3 Å². The molecule has 0 saturated carbocycles. The maximum absolute atomic E-state index is 12.3. The van der Waals surface area contributed by atoms with Crippen LogP contribution in [0.15, 0.2) is 48.5 Å². The SMILES string of the molecule is CC(=O)c1cccc(NC(=O)c2ccc(CN3C(=O)CCC3=O)cc2)c1. The van der Waals surface area contributed by atoms with Crippen molar-refractivity contribution in [1.82, 2.24) is 4.90 Å². The maximum atomic E-state index is 12.3. The van der Waals surface area contributed by atoms with Gasteiger partial charge in [0.2, 0.25) is 11.8 Å². The van der Waals surface area contributed by atoms with Gasteiger partial charge in [-0.3, -0.25) is 24.1 Å². The topological polar surface area (TPSA) is 83.6 Å². The van der Waals surface area contributed by atoms with E-state index >= 15 is 0 Å². The van der Waals surface area contributed by atoms with Crippen LogP contribution in [0, 0.1) is 0 Å². The minimum absolute atomic E-state index is 0.0727. The lowest BCUT2D eigenvalue weighted by atomic mass is 10.1. The number of likely N-dealkylation sites (tertiary alicyclic amines) is 1. The van der Waals surface area contributed by atoms with E-state index < -0.39 is 0 Å². The van der Waals surface area contributed by atoms with Gasteiger partial charge in [-0.25, -0.2) is 0 Å². The highest BCUT2D eigenvalue weighted by Gasteiger charge is 2.28. The van der Waals surface area contributed by atoms with E-state index in [0.717, 1.165) is 5.56 Å². The quantitative estimate of drug-likeness (QED) is 0.664. The number of Topliss-reactive ketones (excluding diaryl/α,β-unsaturated/α-hetero) is 1. The summed E-state index contributed by atoms with van der Waals surface area (Å²) < 4.78 is 0. The number of carbonyl (C=O) groups is 4. The molecule has 1 aliphatic rings. The summed E-state index contributed by atoms with van der Waals surface area (Å²) in [5, 5.41) is 2.75. The van der Waals surface area contributed by atoms with Gasteiger partial charge in [0.1, 0.15) is 0 Å². The molecule has 1 aliphatic heterocycles. The lowest BCUT2D eigenvalue weighted by molar-refractivity contribution is -0.139. The Hall–Kier alpha value is -3.28. The zero-order valence-corrected chi connectivity index (χ0v) is 14.3. The lowest BCUT2D eigenvalue weighted by Gasteiger charge is -2.14. The van der Waals surface area contributed by atoms with Gasteiger partial charge in [0.15, 0.2) is 5.78 Å². The second kappa shape index (κ2) is 7.31. The fourth-order valence-corrected chi connectivity index (χ4v) is 2.76. The van der Waals surface area contributed by atoms with E-state index in [1.807, 2.05) is 0 Å². The van der Waals surface area contributed by atoms with Crippen LogP contribution in [-0.2, 0) is 16.1 Å². The molecular formula is C20H18N2O4. The average molecular weight is 350 g/mol. The van der Waals surface area contributed by atoms with Crippen molar-refractivity contribution in [3.63, 3.8) is 0 Å². The molecule has 1 heterocycles. The number of hydrogen-bond donors (Lipinski definition) is 1. The average Bonchev–Trinajstić information content (AvgIpc) is 2.94. The van der Waals surface area contributed by atoms with E-state index in [0.29, 0.717) is 16.8 Å². The Kier molecular flexibility index (Phi) is 4.93. The number of carbonyl (C=O) groups excluding carboxylic acids is 4. The molecule has 3 amide bonds. The summed E-state index contributed by atoms with van der Waals surface area (Å²) in [6, 6.07) is 13.5. The van der Waals surface area contributed by atoms with Crippen molar-refractivity contribution in [2.75, 3.05) is 5.32 Å². The lowest BCUT2D eigenvalue weighted by Crippen LogP contribution is -2.28. The molecule has 132 valence electrons. The number of nitrogens with zero attached hydrogens (tertiary/aromatic N) is 1. The van der Waals surface area contributed by atoms with Crippen LogP contribution in [0.2, 0.25) is 0 Å². The third kappa shape index (κ3) is 3.85. The Labute approximate surface area is 150 Å². The van der Waals surface area contributed by atoms with Crippen molar-refractivity contribution >= 4 is 29.2 Å². The summed E-state index contributed by atoms with van der Waals surface area (Å²) in [6.07, 6.45) is 0.525. The van der Waals surface area contributed by atoms with Crippen molar-refractivity contribution in [1.29, 1.82) is 0 Å². The van der Waals surface area contributed by atoms with Crippen LogP contribution in [0.5, 0.6) is 0 Å². The van der Waals surface area contributed by atoms with Gasteiger partial charge < -0.3 is 5.32 Å². The molecule has 1 N–H and O–H groups in total. The van der Waals surface area contributed by atoms with Gasteiger partial charge >= 0.3 is 0 Å². The van der Waals surface area contributed by atoms with Crippen LogP contribution in [0.25, 0.3) is 0 Å². The Morgan fingerprint density at radius 1 is 0.962 bits per heavy atom. The van der Waals surface area contributed by atoms with E-state index in [1.54, 1.807) is 48.5 Å². The van der Waals surface area contributed by atoms with Gasteiger partial charge in [-0.05, 0) is 36.8 Å². The molecule has 2 aromatic carbocycles. The monoisotopic (exact) mass is 350 g/mol. The number of benzene rings is 2. The maximum Gasteiger partial charge on any atom is 0.255 e. The summed E-state index contributed by atoms with van der Waals surface area (Å²) in [7, 11) is 0. The standard InChI is InChI=1S/C20H18N2O4/c1-13(23)16-3-2-4-17(11-16)21-20(26)15-7-5-14(6-8-15)12-22-18(24)9-10-19(22)25/h2-8,11H,9-10,12H2,1H3,(H,21,26). The number of hydrogen-bond acceptors (Lipinski definition) is 4. The Balaban J connectivity index is 1.67. The molecule has 26 heavy (non-hydrogen) atoms. The van der Waals surface area contributed by atoms with Crippen LogP contribution in [0.4, 0.5) is 5.69 Å². The van der Waals surface area contributed by atoms with Crippen molar-refractivity contribution < 1.29 is 19.2 Å². The Morgan fingerprint density at radius 3 is 2.23 bits per heavy atom. The van der Waals surface area contributed by atoms with Gasteiger partial charge in [-0.2, -0.15) is 0 Å². The third-order valence-corrected chi connectivity index (χ3v) is 4.24. The largest absolute Gasteiger partial charge is 0.322 e. The zero-order valence-electron chi connectivity index (χ0n) is 14.3. The predicted molar refractivity (Wildman–Crippen MR) is 95.6 cm³/mol. The first-order chi connectivity index (χ1) is 12.4. The molecule has 3 rings (SSSR count). The highest BCUT2D eigenvalue weighted by Crippen LogP contribution is 2.17. The fraction of sp³-hybridized carbons (Fsp3) is 0.200. The molecule has 6 nitrogen and oxygen atoms in total. The number of rotatable bonds is 5. The van der Waals surface area contributed by atoms with Crippen LogP contribution >= 0.6 is 0 Å². The van der Waals surface area contributed by atoms with E-state index in [4.69, 9.17) is 0 Å². The molecule has 0 radical (unpaired) electrons. The summed E-state index contributed by atoms with van der Waals surface area (Å²) in [4.78, 5) is 48.3. The highest BCUT2D eigenvalue weighted by molar-refractivity contribution is 6.05. The van der Waals surface area contributed by atoms with E-state index in [1.165, 1.54) is 11.8 Å². The highest BCUT2D eigenvalue weighted by atomic mass is 16.2. The summed E-state index contributed by atoms with van der Waals surface area (Å²) in [5.74, 6) is -0.702. The van der Waals surface area contributed by atoms with Crippen molar-refractivity contribution in [2.24, 2.45) is 0 Å². The van der Waals surface area contributed by atoms with E-state index in [2.05, 4.69) is 5.32 Å². The molecule has 6 heteroatoms. The molecule has 0 spiro atoms. The first kappa shape index (κ1) is 17.5. The number of nitrogens with one attached hydrogen (secondary N) is 1. The third-order valence-electron chi connectivity index (χ3n) is 4.24. The molecule has 0 aliphatic carbocycles. The van der Waals surface area contributed by atoms with Crippen LogP contribution < -0.4 is 5.32 Å². The second-order valence-electron chi connectivity index (χ2n) is 6.16. The molecule has 1 saturated heterocycles. The summed E-state index contributed by atoms with van der Waals surface area (Å²) >= 11 is 0. The molecule has 0 unspecified atom stereocenters. The predicted octanol–water partition coefficient (Wildman–Crippen LogP) is 2.79. The van der Waals surface area contributed by atoms with Gasteiger partial charge in [-0.15, -0.1) is 0 Å². The second-order valence-corrected chi connectivity index (χ2v) is 6.16. The molecule has 0 aromatic heterocycles. The van der Waals surface area contributed by atoms with Gasteiger partial charge in [0.05, 0.1) is 6.54 Å². The van der Waals surface area contributed by atoms with Crippen LogP contribution in [0.3, 0.4) is 0 Å². The smallest absolute Gasteiger partial charge is 0.255 e. The minimum atomic E-state index is -0.300. The molecule has 0 bridgehead atoms. The first-order valence-corrected chi connectivity index (χ1v) is 8.28. The number of anilines is 1. The minimum Gasteiger partial charge on any atom is -0.322 e. The van der Waals surface area contributed by atoms with E-state index in [-0.39, 0.29) is 42.9 Å². The van der Waals surface area contributed by atoms with Gasteiger partial charge in [0.25, 0.3) is 5.91 Å². The van der Waals surface area contributed by atoms with Gasteiger partial charge in [0, 0.05) is 29.7 Å². The molecule has 2 aromatic rings. The number of amides is 3. The van der Waals surface area contributed by atoms with Crippen molar-refractivity contribution in [3.05, 3.63) is 65.2 Å². The van der Waals surface area contributed by atoms with Crippen molar-refractivity contribution in [3.8, 4) is 0 Å². The Morgan fingerprint density at radius 2 is 1.62 bits per heavy atom. The number of ketones is 1. The number of imide groups is 1. The van der Waals surface area contributed by atoms with Crippen LogP contribution in [0.1, 0.15) is 46.0 Å². The first-order valence-electron chi connectivity index (χ1n) is 8.28. The van der Waals surface area contributed by atoms with Crippen molar-refractivity contribution in [2.45, 2.75) is 26.3 Å². The fourth-order valence-electron chi connectivity index (χ4n) is 2.76. The molecular weight excluding hydrogens is 332 g/mol. The van der Waals surface area contributed by atoms with Crippen LogP contribution in [-0.4, -0.2) is 28.4 Å². The Bertz CT molecular complexity index is 871. The summed E-state index contributed by atoms with van der Waals surface area (Å²) in [6.45, 7) is 1.69. The zero-order chi connectivity index (χ0) is 18.7. The molecule has 0 atom stereocenters.